The highest BCUT2D eigenvalue weighted by atomic mass is 16.5. The first-order valence-corrected chi connectivity index (χ1v) is 10.2. The van der Waals surface area contributed by atoms with Crippen molar-refractivity contribution in [2.24, 2.45) is 0 Å². The number of amides is 1. The van der Waals surface area contributed by atoms with Crippen LogP contribution in [-0.2, 0) is 9.59 Å². The largest absolute Gasteiger partial charge is 0.507 e. The lowest BCUT2D eigenvalue weighted by atomic mass is 9.95. The minimum Gasteiger partial charge on any atom is -0.507 e. The van der Waals surface area contributed by atoms with Crippen molar-refractivity contribution in [3.63, 3.8) is 0 Å². The number of methoxy groups -OCH3 is 1. The van der Waals surface area contributed by atoms with Gasteiger partial charge in [-0.1, -0.05) is 12.1 Å². The van der Waals surface area contributed by atoms with Crippen LogP contribution in [0.2, 0.25) is 0 Å². The van der Waals surface area contributed by atoms with E-state index in [0.29, 0.717) is 17.9 Å². The third-order valence-electron chi connectivity index (χ3n) is 5.63. The van der Waals surface area contributed by atoms with Crippen molar-refractivity contribution in [2.45, 2.75) is 19.9 Å². The molecule has 158 valence electrons. The van der Waals surface area contributed by atoms with Crippen LogP contribution in [0.1, 0.15) is 31.0 Å². The fraction of sp³-hybridized carbons (Fsp3) is 0.348. The Bertz CT molecular complexity index is 921. The van der Waals surface area contributed by atoms with Crippen molar-refractivity contribution in [1.82, 2.24) is 9.88 Å². The highest BCUT2D eigenvalue weighted by Gasteiger charge is 2.46. The van der Waals surface area contributed by atoms with Gasteiger partial charge in [-0.3, -0.25) is 14.6 Å². The van der Waals surface area contributed by atoms with E-state index in [-0.39, 0.29) is 11.3 Å². The molecule has 3 rings (SSSR count). The molecule has 0 spiro atoms. The lowest BCUT2D eigenvalue weighted by Gasteiger charge is -2.27. The van der Waals surface area contributed by atoms with Crippen LogP contribution in [0.3, 0.4) is 0 Å². The summed E-state index contributed by atoms with van der Waals surface area (Å²) in [6.45, 7) is 7.21. The van der Waals surface area contributed by atoms with E-state index in [4.69, 9.17) is 4.74 Å². The molecule has 2 heterocycles. The summed E-state index contributed by atoms with van der Waals surface area (Å²) in [5, 5.41) is 11.0. The van der Waals surface area contributed by atoms with Gasteiger partial charge in [0.2, 0.25) is 0 Å². The smallest absolute Gasteiger partial charge is 0.295 e. The average molecular weight is 410 g/mol. The number of aliphatic hydroxyl groups is 1. The van der Waals surface area contributed by atoms with Gasteiger partial charge >= 0.3 is 0 Å². The van der Waals surface area contributed by atoms with Gasteiger partial charge in [-0.05, 0) is 43.7 Å². The number of hydrogen-bond donors (Lipinski definition) is 2. The molecule has 1 aliphatic rings. The fourth-order valence-corrected chi connectivity index (χ4v) is 3.79. The first kappa shape index (κ1) is 21.5. The molecule has 2 aromatic rings. The standard InChI is InChI=1S/C23H27N3O4/c1-4-25(5-2)14-15-26-20(16-6-8-18(30-3)9-7-16)19(22(28)23(26)29)21(27)17-10-12-24-13-11-17/h6-13,20,27H,4-5,14-15H2,1-3H3/p+1/t20-/m1/s1. The van der Waals surface area contributed by atoms with Crippen LogP contribution < -0.4 is 9.64 Å². The van der Waals surface area contributed by atoms with Crippen LogP contribution in [0.25, 0.3) is 5.76 Å². The summed E-state index contributed by atoms with van der Waals surface area (Å²) in [6.07, 6.45) is 3.08. The maximum atomic E-state index is 13.0. The molecule has 7 nitrogen and oxygen atoms in total. The first-order valence-electron chi connectivity index (χ1n) is 10.2. The summed E-state index contributed by atoms with van der Waals surface area (Å²) in [5.74, 6) is -0.760. The quantitative estimate of drug-likeness (QED) is 0.391. The van der Waals surface area contributed by atoms with Gasteiger partial charge in [0, 0.05) is 18.0 Å². The van der Waals surface area contributed by atoms with E-state index in [2.05, 4.69) is 18.8 Å². The zero-order valence-corrected chi connectivity index (χ0v) is 17.6. The van der Waals surface area contributed by atoms with Crippen LogP contribution in [0, 0.1) is 0 Å². The van der Waals surface area contributed by atoms with E-state index < -0.39 is 17.7 Å². The fourth-order valence-electron chi connectivity index (χ4n) is 3.79. The molecule has 2 N–H and O–H groups in total. The van der Waals surface area contributed by atoms with Gasteiger partial charge in [0.25, 0.3) is 11.7 Å². The van der Waals surface area contributed by atoms with Crippen LogP contribution in [-0.4, -0.2) is 60.0 Å². The number of rotatable bonds is 8. The lowest BCUT2D eigenvalue weighted by Crippen LogP contribution is -3.12. The number of aliphatic hydroxyl groups excluding tert-OH is 1. The Morgan fingerprint density at radius 3 is 2.30 bits per heavy atom. The van der Waals surface area contributed by atoms with Crippen molar-refractivity contribution in [2.75, 3.05) is 33.3 Å². The van der Waals surface area contributed by atoms with E-state index in [1.165, 1.54) is 17.3 Å². The predicted molar refractivity (Wildman–Crippen MR) is 113 cm³/mol. The number of ether oxygens (including phenoxy) is 1. The Labute approximate surface area is 176 Å². The van der Waals surface area contributed by atoms with Crippen molar-refractivity contribution in [3.8, 4) is 5.75 Å². The highest BCUT2D eigenvalue weighted by molar-refractivity contribution is 6.46. The predicted octanol–water partition coefficient (Wildman–Crippen LogP) is 1.44. The summed E-state index contributed by atoms with van der Waals surface area (Å²) < 4.78 is 5.23. The van der Waals surface area contributed by atoms with Gasteiger partial charge in [-0.2, -0.15) is 0 Å². The number of nitrogens with zero attached hydrogens (tertiary/aromatic N) is 2. The van der Waals surface area contributed by atoms with E-state index in [9.17, 15) is 14.7 Å². The molecule has 1 aromatic heterocycles. The first-order chi connectivity index (χ1) is 14.5. The second-order valence-electron chi connectivity index (χ2n) is 7.21. The van der Waals surface area contributed by atoms with Crippen LogP contribution >= 0.6 is 0 Å². The summed E-state index contributed by atoms with van der Waals surface area (Å²) in [6, 6.07) is 9.81. The molecule has 1 aliphatic heterocycles. The number of quaternary nitrogens is 1. The van der Waals surface area contributed by atoms with E-state index in [0.717, 1.165) is 25.2 Å². The maximum absolute atomic E-state index is 13.0. The van der Waals surface area contributed by atoms with E-state index >= 15 is 0 Å². The van der Waals surface area contributed by atoms with Crippen LogP contribution in [0.4, 0.5) is 0 Å². The number of likely N-dealkylation sites (N-methyl/N-ethyl adjacent to an activating group) is 1. The number of likely N-dealkylation sites (tertiary alicyclic amines) is 1. The Hall–Kier alpha value is -3.19. The van der Waals surface area contributed by atoms with Gasteiger partial charge in [-0.25, -0.2) is 0 Å². The third kappa shape index (κ3) is 4.21. The molecule has 1 fully saturated rings. The van der Waals surface area contributed by atoms with Crippen molar-refractivity contribution >= 4 is 17.4 Å². The number of pyridine rings is 1. The molecule has 0 unspecified atom stereocenters. The molecule has 0 radical (unpaired) electrons. The minimum atomic E-state index is -0.667. The lowest BCUT2D eigenvalue weighted by molar-refractivity contribution is -0.895. The Morgan fingerprint density at radius 1 is 1.10 bits per heavy atom. The second-order valence-corrected chi connectivity index (χ2v) is 7.21. The normalized spacial score (nSPS) is 18.3. The summed E-state index contributed by atoms with van der Waals surface area (Å²) in [5.41, 5.74) is 1.31. The molecule has 0 bridgehead atoms. The van der Waals surface area contributed by atoms with Gasteiger partial charge in [0.05, 0.1) is 44.9 Å². The number of benzene rings is 1. The van der Waals surface area contributed by atoms with Crippen LogP contribution in [0.15, 0.2) is 54.4 Å². The van der Waals surface area contributed by atoms with Gasteiger partial charge < -0.3 is 19.6 Å². The number of nitrogens with one attached hydrogen (secondary N) is 1. The molecular weight excluding hydrogens is 382 g/mol. The third-order valence-corrected chi connectivity index (χ3v) is 5.63. The van der Waals surface area contributed by atoms with Crippen molar-refractivity contribution in [3.05, 3.63) is 65.5 Å². The van der Waals surface area contributed by atoms with Gasteiger partial charge in [0.1, 0.15) is 11.5 Å². The summed E-state index contributed by atoms with van der Waals surface area (Å²) in [4.78, 5) is 32.8. The molecule has 30 heavy (non-hydrogen) atoms. The molecule has 7 heteroatoms. The number of hydrogen-bond acceptors (Lipinski definition) is 5. The number of carbonyl (C=O) groups is 2. The zero-order valence-electron chi connectivity index (χ0n) is 17.6. The number of carbonyl (C=O) groups excluding carboxylic acids is 2. The summed E-state index contributed by atoms with van der Waals surface area (Å²) in [7, 11) is 1.58. The second kappa shape index (κ2) is 9.54. The highest BCUT2D eigenvalue weighted by Crippen LogP contribution is 2.39. The van der Waals surface area contributed by atoms with Crippen LogP contribution in [0.5, 0.6) is 5.75 Å². The van der Waals surface area contributed by atoms with Gasteiger partial charge in [0.15, 0.2) is 0 Å². The Morgan fingerprint density at radius 2 is 1.73 bits per heavy atom. The number of Topliss-reactive ketones (excluding diaryl/α,β-unsaturated/α-hetero) is 1. The van der Waals surface area contributed by atoms with Crippen molar-refractivity contribution < 1.29 is 24.3 Å². The van der Waals surface area contributed by atoms with E-state index in [1.54, 1.807) is 36.3 Å². The van der Waals surface area contributed by atoms with Gasteiger partial charge in [-0.15, -0.1) is 0 Å². The molecule has 0 aliphatic carbocycles. The number of ketones is 1. The Balaban J connectivity index is 2.07. The average Bonchev–Trinajstić information content (AvgIpc) is 3.04. The molecule has 0 saturated carbocycles. The minimum absolute atomic E-state index is 0.103. The van der Waals surface area contributed by atoms with Crippen molar-refractivity contribution in [1.29, 1.82) is 0 Å². The Kier molecular flexibility index (Phi) is 6.84. The number of aromatic nitrogens is 1. The topological polar surface area (TPSA) is 84.2 Å². The zero-order chi connectivity index (χ0) is 21.7. The summed E-state index contributed by atoms with van der Waals surface area (Å²) >= 11 is 0. The molecule has 1 atom stereocenters. The van der Waals surface area contributed by atoms with E-state index in [1.807, 2.05) is 12.1 Å². The maximum Gasteiger partial charge on any atom is 0.295 e. The SMILES string of the molecule is CC[NH+](CC)CCN1C(=O)C(=O)C(=C(O)c2ccncc2)[C@H]1c1ccc(OC)cc1. The molecule has 1 aromatic carbocycles. The molecular formula is C23H28N3O4+. The molecule has 1 saturated heterocycles. The molecule has 1 amide bonds. The monoisotopic (exact) mass is 410 g/mol.